The predicted octanol–water partition coefficient (Wildman–Crippen LogP) is 2.06. The van der Waals surface area contributed by atoms with Crippen LogP contribution in [0.4, 0.5) is 11.7 Å². The maximum absolute atomic E-state index is 12.0. The van der Waals surface area contributed by atoms with Gasteiger partial charge in [-0.3, -0.25) is 15.0 Å². The van der Waals surface area contributed by atoms with Crippen LogP contribution in [0.5, 0.6) is 0 Å². The van der Waals surface area contributed by atoms with E-state index in [1.54, 1.807) is 6.07 Å². The van der Waals surface area contributed by atoms with Gasteiger partial charge in [0, 0.05) is 25.4 Å². The Kier molecular flexibility index (Phi) is 5.10. The number of rotatable bonds is 6. The molecule has 1 aliphatic rings. The normalized spacial score (nSPS) is 17.8. The molecule has 2 aromatic heterocycles. The fraction of sp³-hybridized carbons (Fsp3) is 0.471. The van der Waals surface area contributed by atoms with Gasteiger partial charge in [-0.2, -0.15) is 0 Å². The van der Waals surface area contributed by atoms with Crippen LogP contribution in [0.25, 0.3) is 0 Å². The van der Waals surface area contributed by atoms with E-state index in [0.717, 1.165) is 43.1 Å². The van der Waals surface area contributed by atoms with E-state index in [4.69, 9.17) is 4.52 Å². The summed E-state index contributed by atoms with van der Waals surface area (Å²) < 4.78 is 5.00. The fourth-order valence-corrected chi connectivity index (χ4v) is 2.85. The van der Waals surface area contributed by atoms with Crippen molar-refractivity contribution < 1.29 is 9.32 Å². The predicted molar refractivity (Wildman–Crippen MR) is 91.9 cm³/mol. The van der Waals surface area contributed by atoms with Crippen molar-refractivity contribution in [3.8, 4) is 0 Å². The summed E-state index contributed by atoms with van der Waals surface area (Å²) in [4.78, 5) is 18.5. The van der Waals surface area contributed by atoms with Crippen LogP contribution in [0.15, 0.2) is 28.9 Å². The van der Waals surface area contributed by atoms with Crippen LogP contribution in [-0.2, 0) is 4.79 Å². The molecule has 2 aromatic rings. The molecule has 0 radical (unpaired) electrons. The smallest absolute Gasteiger partial charge is 0.240 e. The Morgan fingerprint density at radius 2 is 2.29 bits per heavy atom. The van der Waals surface area contributed by atoms with Gasteiger partial charge in [-0.25, -0.2) is 4.98 Å². The minimum atomic E-state index is -0.0695. The van der Waals surface area contributed by atoms with Gasteiger partial charge in [0.15, 0.2) is 0 Å². The van der Waals surface area contributed by atoms with Gasteiger partial charge in [0.2, 0.25) is 11.8 Å². The summed E-state index contributed by atoms with van der Waals surface area (Å²) in [6.07, 6.45) is 2.94. The third kappa shape index (κ3) is 4.55. The molecule has 1 amide bonds. The van der Waals surface area contributed by atoms with E-state index < -0.39 is 0 Å². The van der Waals surface area contributed by atoms with Gasteiger partial charge in [0.1, 0.15) is 5.82 Å². The van der Waals surface area contributed by atoms with E-state index in [-0.39, 0.29) is 5.91 Å². The molecule has 7 nitrogen and oxygen atoms in total. The first-order chi connectivity index (χ1) is 11.6. The molecule has 1 atom stereocenters. The van der Waals surface area contributed by atoms with Gasteiger partial charge in [-0.15, -0.1) is 0 Å². The molecule has 0 unspecified atom stereocenters. The van der Waals surface area contributed by atoms with Crippen molar-refractivity contribution in [2.75, 3.05) is 36.8 Å². The number of aryl methyl sites for hydroxylation is 2. The Balaban J connectivity index is 1.40. The highest BCUT2D eigenvalue weighted by Crippen LogP contribution is 2.17. The van der Waals surface area contributed by atoms with Gasteiger partial charge in [0.05, 0.1) is 12.2 Å². The lowest BCUT2D eigenvalue weighted by molar-refractivity contribution is -0.117. The molecule has 1 saturated heterocycles. The molecule has 128 valence electrons. The zero-order valence-electron chi connectivity index (χ0n) is 14.1. The molecular weight excluding hydrogens is 306 g/mol. The summed E-state index contributed by atoms with van der Waals surface area (Å²) in [6, 6.07) is 5.75. The van der Waals surface area contributed by atoms with Crippen molar-refractivity contribution in [2.24, 2.45) is 5.92 Å². The Morgan fingerprint density at radius 3 is 3.00 bits per heavy atom. The number of pyridine rings is 1. The van der Waals surface area contributed by atoms with Crippen molar-refractivity contribution in [1.82, 2.24) is 15.0 Å². The standard InChI is InChI=1S/C17H23N5O2/c1-12-3-4-15(18-8-12)19-9-14-5-6-22(10-14)11-16(23)20-17-7-13(2)21-24-17/h3-4,7-8,14H,5-6,9-11H2,1-2H3,(H,18,19)(H,20,23)/t14-/m0/s1. The minimum Gasteiger partial charge on any atom is -0.370 e. The highest BCUT2D eigenvalue weighted by atomic mass is 16.5. The Bertz CT molecular complexity index is 683. The van der Waals surface area contributed by atoms with Gasteiger partial charge < -0.3 is 9.84 Å². The maximum atomic E-state index is 12.0. The Hall–Kier alpha value is -2.41. The number of aromatic nitrogens is 2. The van der Waals surface area contributed by atoms with Crippen molar-refractivity contribution in [3.05, 3.63) is 35.7 Å². The number of carbonyl (C=O) groups excluding carboxylic acids is 1. The van der Waals surface area contributed by atoms with Gasteiger partial charge >= 0.3 is 0 Å². The lowest BCUT2D eigenvalue weighted by Gasteiger charge is -2.15. The lowest BCUT2D eigenvalue weighted by Crippen LogP contribution is -2.32. The van der Waals surface area contributed by atoms with Gasteiger partial charge in [-0.1, -0.05) is 11.2 Å². The number of nitrogens with one attached hydrogen (secondary N) is 2. The van der Waals surface area contributed by atoms with Gasteiger partial charge in [0.25, 0.3) is 0 Å². The maximum Gasteiger partial charge on any atom is 0.240 e. The number of carbonyl (C=O) groups is 1. The van der Waals surface area contributed by atoms with Crippen LogP contribution in [0, 0.1) is 19.8 Å². The molecule has 2 N–H and O–H groups in total. The molecule has 3 heterocycles. The van der Waals surface area contributed by atoms with Crippen LogP contribution < -0.4 is 10.6 Å². The quantitative estimate of drug-likeness (QED) is 0.844. The zero-order chi connectivity index (χ0) is 16.9. The summed E-state index contributed by atoms with van der Waals surface area (Å²) >= 11 is 0. The van der Waals surface area contributed by atoms with E-state index in [9.17, 15) is 4.79 Å². The van der Waals surface area contributed by atoms with Crippen molar-refractivity contribution >= 4 is 17.6 Å². The number of hydrogen-bond acceptors (Lipinski definition) is 6. The second-order valence-electron chi connectivity index (χ2n) is 6.37. The van der Waals surface area contributed by atoms with Crippen LogP contribution in [0.1, 0.15) is 17.7 Å². The molecule has 0 spiro atoms. The minimum absolute atomic E-state index is 0.0695. The van der Waals surface area contributed by atoms with Crippen molar-refractivity contribution in [1.29, 1.82) is 0 Å². The molecule has 24 heavy (non-hydrogen) atoms. The summed E-state index contributed by atoms with van der Waals surface area (Å²) in [5.41, 5.74) is 1.91. The van der Waals surface area contributed by atoms with Crippen LogP contribution in [0.2, 0.25) is 0 Å². The SMILES string of the molecule is Cc1ccc(NC[C@@H]2CCN(CC(=O)Nc3cc(C)no3)C2)nc1. The van der Waals surface area contributed by atoms with Crippen LogP contribution in [0.3, 0.4) is 0 Å². The average Bonchev–Trinajstić information content (AvgIpc) is 3.16. The molecule has 0 bridgehead atoms. The number of hydrogen-bond donors (Lipinski definition) is 2. The first-order valence-electron chi connectivity index (χ1n) is 8.20. The topological polar surface area (TPSA) is 83.3 Å². The number of likely N-dealkylation sites (tertiary alicyclic amines) is 1. The summed E-state index contributed by atoms with van der Waals surface area (Å²) in [5.74, 6) is 1.76. The number of amides is 1. The molecule has 7 heteroatoms. The Labute approximate surface area is 141 Å². The first kappa shape index (κ1) is 16.4. The molecule has 1 fully saturated rings. The second-order valence-corrected chi connectivity index (χ2v) is 6.37. The van der Waals surface area contributed by atoms with E-state index in [0.29, 0.717) is 18.3 Å². The van der Waals surface area contributed by atoms with Crippen molar-refractivity contribution in [2.45, 2.75) is 20.3 Å². The molecule has 0 saturated carbocycles. The van der Waals surface area contributed by atoms with Crippen molar-refractivity contribution in [3.63, 3.8) is 0 Å². The third-order valence-electron chi connectivity index (χ3n) is 4.11. The highest BCUT2D eigenvalue weighted by Gasteiger charge is 2.24. The second kappa shape index (κ2) is 7.44. The van der Waals surface area contributed by atoms with Crippen LogP contribution in [-0.4, -0.2) is 47.1 Å². The summed E-state index contributed by atoms with van der Waals surface area (Å²) in [6.45, 7) is 6.92. The van der Waals surface area contributed by atoms with E-state index >= 15 is 0 Å². The zero-order valence-corrected chi connectivity index (χ0v) is 14.1. The first-order valence-corrected chi connectivity index (χ1v) is 8.20. The highest BCUT2D eigenvalue weighted by molar-refractivity contribution is 5.90. The Morgan fingerprint density at radius 1 is 1.42 bits per heavy atom. The summed E-state index contributed by atoms with van der Waals surface area (Å²) in [5, 5.41) is 9.86. The lowest BCUT2D eigenvalue weighted by atomic mass is 10.1. The molecule has 0 aliphatic carbocycles. The largest absolute Gasteiger partial charge is 0.370 e. The fourth-order valence-electron chi connectivity index (χ4n) is 2.85. The third-order valence-corrected chi connectivity index (χ3v) is 4.11. The molecule has 3 rings (SSSR count). The number of nitrogens with zero attached hydrogens (tertiary/aromatic N) is 3. The molecule has 0 aromatic carbocycles. The molecule has 1 aliphatic heterocycles. The number of anilines is 2. The summed E-state index contributed by atoms with van der Waals surface area (Å²) in [7, 11) is 0. The molecular formula is C17H23N5O2. The van der Waals surface area contributed by atoms with E-state index in [1.807, 2.05) is 32.2 Å². The van der Waals surface area contributed by atoms with E-state index in [1.165, 1.54) is 0 Å². The average molecular weight is 329 g/mol. The van der Waals surface area contributed by atoms with Gasteiger partial charge in [-0.05, 0) is 44.4 Å². The van der Waals surface area contributed by atoms with Crippen LogP contribution >= 0.6 is 0 Å². The van der Waals surface area contributed by atoms with E-state index in [2.05, 4.69) is 25.7 Å². The monoisotopic (exact) mass is 329 g/mol.